The van der Waals surface area contributed by atoms with Gasteiger partial charge in [-0.15, -0.1) is 0 Å². The van der Waals surface area contributed by atoms with Gasteiger partial charge in [0.25, 0.3) is 0 Å². The molecule has 0 aliphatic rings. The van der Waals surface area contributed by atoms with Crippen LogP contribution in [0.4, 0.5) is 0 Å². The number of aromatic carboxylic acids is 4. The summed E-state index contributed by atoms with van der Waals surface area (Å²) in [4.78, 5) is 48.6. The van der Waals surface area contributed by atoms with Gasteiger partial charge in [0.05, 0.1) is 0 Å². The van der Waals surface area contributed by atoms with Crippen LogP contribution in [0.1, 0.15) is 47.5 Å². The number of hydrogen-bond acceptors (Lipinski definition) is 6. The average Bonchev–Trinajstić information content (AvgIpc) is 2.54. The van der Waals surface area contributed by atoms with Gasteiger partial charge >= 0.3 is 23.9 Å². The van der Waals surface area contributed by atoms with E-state index in [0.29, 0.717) is 5.56 Å². The molecule has 0 aromatic carbocycles. The first-order chi connectivity index (χ1) is 12.0. The van der Waals surface area contributed by atoms with Crippen molar-refractivity contribution in [1.82, 2.24) is 9.97 Å². The van der Waals surface area contributed by atoms with Crippen LogP contribution in [0.2, 0.25) is 5.02 Å². The summed E-state index contributed by atoms with van der Waals surface area (Å²) in [6, 6.07) is 4.79. The molecule has 4 N–H and O–H groups in total. The van der Waals surface area contributed by atoms with Crippen molar-refractivity contribution in [2.45, 2.75) is 6.92 Å². The van der Waals surface area contributed by atoms with E-state index in [-0.39, 0.29) is 27.8 Å². The minimum Gasteiger partial charge on any atom is -0.477 e. The minimum atomic E-state index is -1.31. The second-order valence-electron chi connectivity index (χ2n) is 4.69. The zero-order chi connectivity index (χ0) is 20.0. The zero-order valence-electron chi connectivity index (χ0n) is 13.0. The van der Waals surface area contributed by atoms with Gasteiger partial charge in [-0.1, -0.05) is 11.6 Å². The Balaban J connectivity index is 0.000000260. The topological polar surface area (TPSA) is 175 Å². The molecule has 0 fully saturated rings. The summed E-state index contributed by atoms with van der Waals surface area (Å²) >= 11 is 5.47. The Hall–Kier alpha value is -3.53. The molecule has 0 unspecified atom stereocenters. The van der Waals surface area contributed by atoms with E-state index in [1.165, 1.54) is 12.1 Å². The van der Waals surface area contributed by atoms with Crippen molar-refractivity contribution in [3.05, 3.63) is 57.6 Å². The Morgan fingerprint density at radius 1 is 0.692 bits per heavy atom. The molecule has 10 nitrogen and oxygen atoms in total. The van der Waals surface area contributed by atoms with Crippen molar-refractivity contribution in [3.8, 4) is 0 Å². The molecular weight excluding hydrogens is 372 g/mol. The number of carboxylic acids is 4. The first-order valence-corrected chi connectivity index (χ1v) is 6.98. The summed E-state index contributed by atoms with van der Waals surface area (Å²) in [6.07, 6.45) is 0. The Morgan fingerprint density at radius 3 is 1.23 bits per heavy atom. The lowest BCUT2D eigenvalue weighted by Crippen LogP contribution is -2.07. The number of carbonyl (C=O) groups is 4. The molecule has 0 spiro atoms. The van der Waals surface area contributed by atoms with Gasteiger partial charge < -0.3 is 20.4 Å². The number of aryl methyl sites for hydroxylation is 1. The van der Waals surface area contributed by atoms with Gasteiger partial charge in [0.2, 0.25) is 0 Å². The summed E-state index contributed by atoms with van der Waals surface area (Å²) in [7, 11) is 0. The van der Waals surface area contributed by atoms with E-state index >= 15 is 0 Å². The maximum Gasteiger partial charge on any atom is 0.354 e. The highest BCUT2D eigenvalue weighted by Crippen LogP contribution is 2.11. The molecule has 11 heteroatoms. The summed E-state index contributed by atoms with van der Waals surface area (Å²) in [5.41, 5.74) is -0.714. The second-order valence-corrected chi connectivity index (χ2v) is 5.13. The highest BCUT2D eigenvalue weighted by Gasteiger charge is 2.12. The van der Waals surface area contributed by atoms with Gasteiger partial charge in [-0.25, -0.2) is 29.1 Å². The monoisotopic (exact) mass is 382 g/mol. The molecule has 0 bridgehead atoms. The van der Waals surface area contributed by atoms with Crippen LogP contribution >= 0.6 is 11.6 Å². The van der Waals surface area contributed by atoms with Crippen LogP contribution in [0.25, 0.3) is 0 Å². The van der Waals surface area contributed by atoms with Crippen molar-refractivity contribution < 1.29 is 39.6 Å². The number of aromatic nitrogens is 2. The van der Waals surface area contributed by atoms with Crippen molar-refractivity contribution in [2.24, 2.45) is 0 Å². The fourth-order valence-corrected chi connectivity index (χ4v) is 1.81. The highest BCUT2D eigenvalue weighted by molar-refractivity contribution is 6.31. The summed E-state index contributed by atoms with van der Waals surface area (Å²) in [5, 5.41) is 34.2. The maximum atomic E-state index is 10.5. The van der Waals surface area contributed by atoms with E-state index in [0.717, 1.165) is 12.1 Å². The molecule has 2 aromatic heterocycles. The normalized spacial score (nSPS) is 9.62. The average molecular weight is 383 g/mol. The Kier molecular flexibility index (Phi) is 6.73. The van der Waals surface area contributed by atoms with E-state index in [1.807, 2.05) is 0 Å². The first kappa shape index (κ1) is 20.5. The fourth-order valence-electron chi connectivity index (χ4n) is 1.60. The number of halogens is 1. The van der Waals surface area contributed by atoms with Crippen LogP contribution in [-0.2, 0) is 0 Å². The van der Waals surface area contributed by atoms with Crippen LogP contribution in [0.3, 0.4) is 0 Å². The molecule has 0 aliphatic heterocycles. The molecule has 26 heavy (non-hydrogen) atoms. The van der Waals surface area contributed by atoms with Crippen molar-refractivity contribution >= 4 is 35.5 Å². The van der Waals surface area contributed by atoms with Crippen molar-refractivity contribution in [2.75, 3.05) is 0 Å². The zero-order valence-corrected chi connectivity index (χ0v) is 13.8. The van der Waals surface area contributed by atoms with Gasteiger partial charge in [-0.05, 0) is 36.8 Å². The van der Waals surface area contributed by atoms with Crippen LogP contribution in [0.15, 0.2) is 24.3 Å². The number of pyridine rings is 2. The fraction of sp³-hybridized carbons (Fsp3) is 0.0667. The number of carboxylic acid groups (broad SMARTS) is 4. The van der Waals surface area contributed by atoms with E-state index in [1.54, 1.807) is 6.92 Å². The molecule has 2 rings (SSSR count). The molecule has 2 aromatic rings. The lowest BCUT2D eigenvalue weighted by atomic mass is 10.2. The van der Waals surface area contributed by atoms with Gasteiger partial charge in [-0.2, -0.15) is 0 Å². The lowest BCUT2D eigenvalue weighted by molar-refractivity contribution is 0.0664. The second kappa shape index (κ2) is 8.53. The molecule has 0 aliphatic carbocycles. The molecule has 136 valence electrons. The third-order valence-corrected chi connectivity index (χ3v) is 2.85. The van der Waals surface area contributed by atoms with Crippen LogP contribution in [0, 0.1) is 6.92 Å². The molecule has 0 amide bonds. The molecule has 0 radical (unpaired) electrons. The quantitative estimate of drug-likeness (QED) is 0.610. The molecule has 0 saturated heterocycles. The van der Waals surface area contributed by atoms with E-state index in [9.17, 15) is 19.2 Å². The number of nitrogens with zero attached hydrogens (tertiary/aromatic N) is 2. The van der Waals surface area contributed by atoms with Crippen molar-refractivity contribution in [3.63, 3.8) is 0 Å². The predicted octanol–water partition coefficient (Wildman–Crippen LogP) is 1.92. The van der Waals surface area contributed by atoms with E-state index in [4.69, 9.17) is 32.0 Å². The van der Waals surface area contributed by atoms with Crippen molar-refractivity contribution in [1.29, 1.82) is 0 Å². The number of rotatable bonds is 4. The van der Waals surface area contributed by atoms with Crippen LogP contribution in [0.5, 0.6) is 0 Å². The summed E-state index contributed by atoms with van der Waals surface area (Å²) in [5.74, 6) is -5.09. The van der Waals surface area contributed by atoms with Gasteiger partial charge in [0.1, 0.15) is 11.4 Å². The van der Waals surface area contributed by atoms with Crippen LogP contribution < -0.4 is 0 Å². The Bertz CT molecular complexity index is 759. The Labute approximate surface area is 150 Å². The molecule has 2 heterocycles. The third kappa shape index (κ3) is 5.83. The SMILES string of the molecule is Cc1cc(C(=O)O)nc(C(=O)O)c1.O=C(O)c1cc(Cl)cc(C(=O)O)n1. The van der Waals surface area contributed by atoms with E-state index < -0.39 is 23.9 Å². The first-order valence-electron chi connectivity index (χ1n) is 6.60. The smallest absolute Gasteiger partial charge is 0.354 e. The summed E-state index contributed by atoms with van der Waals surface area (Å²) in [6.45, 7) is 1.61. The largest absolute Gasteiger partial charge is 0.477 e. The van der Waals surface area contributed by atoms with E-state index in [2.05, 4.69) is 9.97 Å². The van der Waals surface area contributed by atoms with Crippen LogP contribution in [-0.4, -0.2) is 54.3 Å². The van der Waals surface area contributed by atoms with Gasteiger partial charge in [-0.3, -0.25) is 0 Å². The highest BCUT2D eigenvalue weighted by atomic mass is 35.5. The minimum absolute atomic E-state index is 0.0322. The summed E-state index contributed by atoms with van der Waals surface area (Å²) < 4.78 is 0. The van der Waals surface area contributed by atoms with Gasteiger partial charge in [0, 0.05) is 5.02 Å². The molecular formula is C15H11ClN2O8. The molecule has 0 atom stereocenters. The lowest BCUT2D eigenvalue weighted by Gasteiger charge is -1.98. The molecule has 0 saturated carbocycles. The number of hydrogen-bond donors (Lipinski definition) is 4. The maximum absolute atomic E-state index is 10.5. The third-order valence-electron chi connectivity index (χ3n) is 2.64. The standard InChI is InChI=1S/C8H7NO4.C7H4ClNO4/c1-4-2-5(7(10)11)9-6(3-4)8(12)13;8-3-1-4(6(10)11)9-5(2-3)7(12)13/h2-3H,1H3,(H,10,11)(H,12,13);1-2H,(H,10,11)(H,12,13). The Morgan fingerprint density at radius 2 is 0.962 bits per heavy atom. The predicted molar refractivity (Wildman–Crippen MR) is 86.1 cm³/mol. The van der Waals surface area contributed by atoms with Gasteiger partial charge in [0.15, 0.2) is 11.4 Å².